The topological polar surface area (TPSA) is 49.3 Å². The summed E-state index contributed by atoms with van der Waals surface area (Å²) in [5.41, 5.74) is 3.24. The first-order valence-electron chi connectivity index (χ1n) is 8.47. The van der Waals surface area contributed by atoms with E-state index in [2.05, 4.69) is 19.1 Å². The summed E-state index contributed by atoms with van der Waals surface area (Å²) in [6.07, 6.45) is 8.09. The molecule has 0 saturated heterocycles. The van der Waals surface area contributed by atoms with Crippen LogP contribution < -0.4 is 9.47 Å². The largest absolute Gasteiger partial charge is 0.619 e. The van der Waals surface area contributed by atoms with Crippen LogP contribution in [0, 0.1) is 5.21 Å². The van der Waals surface area contributed by atoms with E-state index in [1.807, 2.05) is 18.2 Å². The molecule has 0 aliphatic carbocycles. The zero-order valence-corrected chi connectivity index (χ0v) is 14.2. The number of hydrogen-bond donors (Lipinski definition) is 0. The molecule has 2 heterocycles. The lowest BCUT2D eigenvalue weighted by molar-refractivity contribution is -0.605. The highest BCUT2D eigenvalue weighted by Crippen LogP contribution is 2.32. The lowest BCUT2D eigenvalue weighted by atomic mass is 10.0. The Morgan fingerprint density at radius 2 is 1.88 bits per heavy atom. The van der Waals surface area contributed by atoms with E-state index in [0.717, 1.165) is 64.9 Å². The number of fused-ring (bicyclic) bond motifs is 1. The molecule has 0 bridgehead atoms. The third-order valence-corrected chi connectivity index (χ3v) is 4.34. The molecule has 3 aromatic rings. The summed E-state index contributed by atoms with van der Waals surface area (Å²) >= 11 is 0. The number of ether oxygens (including phenoxy) is 1. The Bertz CT molecular complexity index is 806. The number of furan rings is 1. The Morgan fingerprint density at radius 1 is 1.08 bits per heavy atom. The molecule has 1 aromatic carbocycles. The second kappa shape index (κ2) is 7.39. The molecule has 0 radical (unpaired) electrons. The van der Waals surface area contributed by atoms with Crippen molar-refractivity contribution in [1.29, 1.82) is 0 Å². The van der Waals surface area contributed by atoms with Crippen LogP contribution in [0.25, 0.3) is 11.0 Å². The van der Waals surface area contributed by atoms with Crippen LogP contribution in [-0.4, -0.2) is 7.11 Å². The van der Waals surface area contributed by atoms with Crippen LogP contribution in [-0.2, 0) is 19.3 Å². The summed E-state index contributed by atoms with van der Waals surface area (Å²) in [6.45, 7) is 2.18. The molecule has 0 unspecified atom stereocenters. The van der Waals surface area contributed by atoms with Crippen LogP contribution in [0.1, 0.15) is 36.7 Å². The third kappa shape index (κ3) is 3.53. The van der Waals surface area contributed by atoms with Crippen LogP contribution in [0.4, 0.5) is 0 Å². The SMILES string of the molecule is CCCCc1cc2c(CCc3cc[n+]([O-])cc3)ccc(OC)c2o1. The van der Waals surface area contributed by atoms with E-state index in [1.54, 1.807) is 19.5 Å². The fraction of sp³-hybridized carbons (Fsp3) is 0.350. The van der Waals surface area contributed by atoms with Gasteiger partial charge in [-0.1, -0.05) is 19.4 Å². The van der Waals surface area contributed by atoms with E-state index >= 15 is 0 Å². The average Bonchev–Trinajstić information content (AvgIpc) is 3.03. The van der Waals surface area contributed by atoms with Crippen molar-refractivity contribution < 1.29 is 13.9 Å². The van der Waals surface area contributed by atoms with Gasteiger partial charge in [0.25, 0.3) is 0 Å². The van der Waals surface area contributed by atoms with Crippen molar-refractivity contribution in [1.82, 2.24) is 0 Å². The lowest BCUT2D eigenvalue weighted by Crippen LogP contribution is -2.23. The first-order chi connectivity index (χ1) is 11.7. The van der Waals surface area contributed by atoms with Gasteiger partial charge in [0, 0.05) is 23.9 Å². The van der Waals surface area contributed by atoms with Crippen molar-refractivity contribution in [3.8, 4) is 5.75 Å². The normalized spacial score (nSPS) is 11.1. The van der Waals surface area contributed by atoms with E-state index in [0.29, 0.717) is 0 Å². The molecule has 0 saturated carbocycles. The molecular formula is C20H23NO3. The Hall–Kier alpha value is -2.49. The van der Waals surface area contributed by atoms with Gasteiger partial charge >= 0.3 is 0 Å². The van der Waals surface area contributed by atoms with Gasteiger partial charge in [0.15, 0.2) is 23.7 Å². The Labute approximate surface area is 142 Å². The maximum atomic E-state index is 11.1. The number of nitrogens with zero attached hydrogens (tertiary/aromatic N) is 1. The van der Waals surface area contributed by atoms with E-state index < -0.39 is 0 Å². The van der Waals surface area contributed by atoms with Gasteiger partial charge < -0.3 is 14.4 Å². The van der Waals surface area contributed by atoms with Gasteiger partial charge in [-0.25, -0.2) is 0 Å². The molecule has 0 amide bonds. The number of unbranched alkanes of at least 4 members (excludes halogenated alkanes) is 1. The number of aryl methyl sites for hydroxylation is 3. The molecule has 2 aromatic heterocycles. The highest BCUT2D eigenvalue weighted by molar-refractivity contribution is 5.87. The van der Waals surface area contributed by atoms with Gasteiger partial charge in [0.2, 0.25) is 0 Å². The van der Waals surface area contributed by atoms with Crippen molar-refractivity contribution in [2.45, 2.75) is 39.0 Å². The quantitative estimate of drug-likeness (QED) is 0.483. The van der Waals surface area contributed by atoms with E-state index in [-0.39, 0.29) is 0 Å². The fourth-order valence-electron chi connectivity index (χ4n) is 2.95. The van der Waals surface area contributed by atoms with Crippen LogP contribution in [0.2, 0.25) is 0 Å². The van der Waals surface area contributed by atoms with Crippen LogP contribution in [0.5, 0.6) is 5.75 Å². The summed E-state index contributed by atoms with van der Waals surface area (Å²) in [7, 11) is 1.67. The molecule has 0 fully saturated rings. The second-order valence-electron chi connectivity index (χ2n) is 6.05. The number of benzene rings is 1. The smallest absolute Gasteiger partial charge is 0.180 e. The molecule has 3 rings (SSSR count). The Morgan fingerprint density at radius 3 is 2.58 bits per heavy atom. The standard InChI is InChI=1S/C20H23NO3/c1-3-4-5-17-14-18-16(8-9-19(23-2)20(18)24-17)7-6-15-10-12-21(22)13-11-15/h8-14H,3-7H2,1-2H3. The zero-order valence-electron chi connectivity index (χ0n) is 14.2. The van der Waals surface area contributed by atoms with Crippen LogP contribution in [0.3, 0.4) is 0 Å². The molecule has 0 atom stereocenters. The number of methoxy groups -OCH3 is 1. The van der Waals surface area contributed by atoms with Gasteiger partial charge in [-0.2, -0.15) is 4.73 Å². The molecule has 0 aliphatic rings. The van der Waals surface area contributed by atoms with Gasteiger partial charge in [0.05, 0.1) is 7.11 Å². The van der Waals surface area contributed by atoms with Crippen molar-refractivity contribution in [2.75, 3.05) is 7.11 Å². The van der Waals surface area contributed by atoms with E-state index in [4.69, 9.17) is 9.15 Å². The minimum absolute atomic E-state index is 0.781. The maximum absolute atomic E-state index is 11.1. The summed E-state index contributed by atoms with van der Waals surface area (Å²) in [5.74, 6) is 1.80. The molecule has 24 heavy (non-hydrogen) atoms. The zero-order chi connectivity index (χ0) is 16.9. The minimum atomic E-state index is 0.781. The highest BCUT2D eigenvalue weighted by Gasteiger charge is 2.13. The molecule has 4 heteroatoms. The summed E-state index contributed by atoms with van der Waals surface area (Å²) in [4.78, 5) is 0. The highest BCUT2D eigenvalue weighted by atomic mass is 16.5. The summed E-state index contributed by atoms with van der Waals surface area (Å²) in [5, 5.41) is 12.3. The Kier molecular flexibility index (Phi) is 5.04. The maximum Gasteiger partial charge on any atom is 0.180 e. The summed E-state index contributed by atoms with van der Waals surface area (Å²) in [6, 6.07) is 9.98. The fourth-order valence-corrected chi connectivity index (χ4v) is 2.95. The van der Waals surface area contributed by atoms with Gasteiger partial charge in [-0.05, 0) is 42.5 Å². The van der Waals surface area contributed by atoms with Crippen molar-refractivity contribution >= 4 is 11.0 Å². The van der Waals surface area contributed by atoms with Crippen LogP contribution >= 0.6 is 0 Å². The molecule has 0 spiro atoms. The molecular weight excluding hydrogens is 302 g/mol. The summed E-state index contributed by atoms with van der Waals surface area (Å²) < 4.78 is 12.3. The van der Waals surface area contributed by atoms with Crippen molar-refractivity contribution in [2.24, 2.45) is 0 Å². The molecule has 126 valence electrons. The minimum Gasteiger partial charge on any atom is -0.619 e. The van der Waals surface area contributed by atoms with E-state index in [1.165, 1.54) is 5.56 Å². The predicted octanol–water partition coefficient (Wildman–Crippen LogP) is 4.20. The predicted molar refractivity (Wildman–Crippen MR) is 94.2 cm³/mol. The lowest BCUT2D eigenvalue weighted by Gasteiger charge is -2.06. The second-order valence-corrected chi connectivity index (χ2v) is 6.05. The van der Waals surface area contributed by atoms with Crippen molar-refractivity contribution in [3.05, 3.63) is 64.8 Å². The van der Waals surface area contributed by atoms with Gasteiger partial charge in [-0.3, -0.25) is 0 Å². The average molecular weight is 325 g/mol. The van der Waals surface area contributed by atoms with Crippen molar-refractivity contribution in [3.63, 3.8) is 0 Å². The van der Waals surface area contributed by atoms with Gasteiger partial charge in [-0.15, -0.1) is 0 Å². The van der Waals surface area contributed by atoms with Crippen LogP contribution in [0.15, 0.2) is 47.1 Å². The first-order valence-corrected chi connectivity index (χ1v) is 8.47. The molecule has 0 N–H and O–H groups in total. The molecule has 0 aliphatic heterocycles. The first kappa shape index (κ1) is 16.4. The van der Waals surface area contributed by atoms with E-state index in [9.17, 15) is 5.21 Å². The number of hydrogen-bond acceptors (Lipinski definition) is 3. The number of rotatable bonds is 7. The van der Waals surface area contributed by atoms with Gasteiger partial charge in [0.1, 0.15) is 5.76 Å². The number of aromatic nitrogens is 1. The monoisotopic (exact) mass is 325 g/mol. The number of pyridine rings is 1. The Balaban J connectivity index is 1.86. The molecule has 4 nitrogen and oxygen atoms in total. The third-order valence-electron chi connectivity index (χ3n) is 4.34.